The van der Waals surface area contributed by atoms with Crippen LogP contribution < -0.4 is 10.2 Å². The number of aromatic nitrogens is 2. The molecule has 2 aromatic rings. The van der Waals surface area contributed by atoms with Crippen molar-refractivity contribution >= 4 is 34.9 Å². The Balaban J connectivity index is 1.52. The number of fused-ring (bicyclic) bond motifs is 1. The van der Waals surface area contributed by atoms with Crippen molar-refractivity contribution in [2.75, 3.05) is 30.5 Å². The van der Waals surface area contributed by atoms with Gasteiger partial charge in [-0.05, 0) is 25.1 Å². The van der Waals surface area contributed by atoms with Gasteiger partial charge >= 0.3 is 6.03 Å². The lowest BCUT2D eigenvalue weighted by atomic mass is 10.1. The molecule has 30 heavy (non-hydrogen) atoms. The van der Waals surface area contributed by atoms with E-state index in [2.05, 4.69) is 10.4 Å². The highest BCUT2D eigenvalue weighted by Crippen LogP contribution is 2.32. The van der Waals surface area contributed by atoms with E-state index in [1.165, 1.54) is 18.2 Å². The third kappa shape index (κ3) is 3.87. The summed E-state index contributed by atoms with van der Waals surface area (Å²) in [5.41, 5.74) is 1.95. The normalized spacial score (nSPS) is 21.1. The highest BCUT2D eigenvalue weighted by molar-refractivity contribution is 6.31. The number of carbonyl (C=O) groups excluding carboxylic acids is 2. The first-order valence-corrected chi connectivity index (χ1v) is 10.1. The molecule has 0 saturated carbocycles. The molecule has 1 N–H and O–H groups in total. The number of anilines is 2. The molecule has 3 amide bonds. The zero-order valence-corrected chi connectivity index (χ0v) is 17.5. The van der Waals surface area contributed by atoms with Gasteiger partial charge in [0.2, 0.25) is 5.91 Å². The van der Waals surface area contributed by atoms with Gasteiger partial charge in [-0.1, -0.05) is 11.6 Å². The Morgan fingerprint density at radius 3 is 2.93 bits per heavy atom. The minimum Gasteiger partial charge on any atom is -0.384 e. The number of nitrogens with one attached hydrogen (secondary N) is 1. The predicted octanol–water partition coefficient (Wildman–Crippen LogP) is 3.11. The molecule has 4 rings (SSSR count). The number of hydrogen-bond donors (Lipinski definition) is 1. The maximum atomic E-state index is 13.4. The van der Waals surface area contributed by atoms with Gasteiger partial charge in [-0.15, -0.1) is 0 Å². The van der Waals surface area contributed by atoms with Crippen molar-refractivity contribution in [2.45, 2.75) is 32.5 Å². The SMILES string of the molecule is COCC1CC(=O)N(c2cnn3c2CN(C(=O)Nc2ccc(F)c(Cl)c2)[C@@H](C)C3)C1. The number of ether oxygens (including phenoxy) is 1. The molecular weight excluding hydrogens is 413 g/mol. The average Bonchev–Trinajstić information content (AvgIpc) is 3.26. The fourth-order valence-electron chi connectivity index (χ4n) is 4.02. The van der Waals surface area contributed by atoms with Crippen LogP contribution in [0, 0.1) is 11.7 Å². The maximum Gasteiger partial charge on any atom is 0.322 e. The second-order valence-corrected chi connectivity index (χ2v) is 8.13. The second kappa shape index (κ2) is 8.23. The van der Waals surface area contributed by atoms with Crippen LogP contribution in [0.3, 0.4) is 0 Å². The zero-order valence-electron chi connectivity index (χ0n) is 16.8. The van der Waals surface area contributed by atoms with Crippen molar-refractivity contribution in [3.05, 3.63) is 40.9 Å². The number of hydrogen-bond acceptors (Lipinski definition) is 4. The van der Waals surface area contributed by atoms with E-state index in [0.29, 0.717) is 38.3 Å². The van der Waals surface area contributed by atoms with Crippen LogP contribution in [-0.2, 0) is 22.6 Å². The number of methoxy groups -OCH3 is 1. The van der Waals surface area contributed by atoms with E-state index in [-0.39, 0.29) is 28.9 Å². The van der Waals surface area contributed by atoms with Gasteiger partial charge in [-0.25, -0.2) is 9.18 Å². The second-order valence-electron chi connectivity index (χ2n) is 7.72. The van der Waals surface area contributed by atoms with Gasteiger partial charge in [-0.3, -0.25) is 9.48 Å². The van der Waals surface area contributed by atoms with E-state index in [4.69, 9.17) is 16.3 Å². The molecule has 0 spiro atoms. The first kappa shape index (κ1) is 20.6. The molecule has 0 aliphatic carbocycles. The fourth-order valence-corrected chi connectivity index (χ4v) is 4.20. The molecule has 1 aromatic carbocycles. The molecule has 2 aliphatic heterocycles. The van der Waals surface area contributed by atoms with Gasteiger partial charge < -0.3 is 19.9 Å². The first-order chi connectivity index (χ1) is 14.4. The van der Waals surface area contributed by atoms with Crippen molar-refractivity contribution in [2.24, 2.45) is 5.92 Å². The predicted molar refractivity (Wildman–Crippen MR) is 110 cm³/mol. The summed E-state index contributed by atoms with van der Waals surface area (Å²) in [5.74, 6) is -0.372. The monoisotopic (exact) mass is 435 g/mol. The van der Waals surface area contributed by atoms with Crippen LogP contribution in [-0.4, -0.2) is 52.9 Å². The standard InChI is InChI=1S/C20H23ClFN5O3/c1-12-8-27-18(17(7-23-27)26-9-13(11-30-2)5-19(26)28)10-25(12)20(29)24-14-3-4-16(22)15(21)6-14/h3-4,6-7,12-13H,5,8-11H2,1-2H3,(H,24,29)/t12-,13?/m0/s1. The Bertz CT molecular complexity index is 981. The summed E-state index contributed by atoms with van der Waals surface area (Å²) in [6.07, 6.45) is 2.13. The smallest absolute Gasteiger partial charge is 0.322 e. The van der Waals surface area contributed by atoms with Crippen molar-refractivity contribution in [1.29, 1.82) is 0 Å². The zero-order chi connectivity index (χ0) is 21.4. The third-order valence-corrected chi connectivity index (χ3v) is 5.84. The molecule has 1 aromatic heterocycles. The summed E-state index contributed by atoms with van der Waals surface area (Å²) in [4.78, 5) is 28.8. The quantitative estimate of drug-likeness (QED) is 0.800. The Morgan fingerprint density at radius 1 is 1.40 bits per heavy atom. The number of nitrogens with zero attached hydrogens (tertiary/aromatic N) is 4. The largest absolute Gasteiger partial charge is 0.384 e. The van der Waals surface area contributed by atoms with Crippen molar-refractivity contribution in [3.63, 3.8) is 0 Å². The van der Waals surface area contributed by atoms with Crippen molar-refractivity contribution < 1.29 is 18.7 Å². The molecule has 2 atom stereocenters. The van der Waals surface area contributed by atoms with E-state index >= 15 is 0 Å². The van der Waals surface area contributed by atoms with Gasteiger partial charge in [0.25, 0.3) is 0 Å². The van der Waals surface area contributed by atoms with Gasteiger partial charge in [0.05, 0.1) is 48.3 Å². The van der Waals surface area contributed by atoms with Crippen LogP contribution in [0.25, 0.3) is 0 Å². The molecule has 10 heteroatoms. The van der Waals surface area contributed by atoms with Gasteiger partial charge in [-0.2, -0.15) is 5.10 Å². The Morgan fingerprint density at radius 2 is 2.20 bits per heavy atom. The van der Waals surface area contributed by atoms with Crippen molar-refractivity contribution in [1.82, 2.24) is 14.7 Å². The maximum absolute atomic E-state index is 13.4. The van der Waals surface area contributed by atoms with Gasteiger partial charge in [0.1, 0.15) is 5.82 Å². The molecular formula is C20H23ClFN5O3. The number of benzene rings is 1. The average molecular weight is 436 g/mol. The molecule has 1 unspecified atom stereocenters. The molecule has 160 valence electrons. The molecule has 1 fully saturated rings. The van der Waals surface area contributed by atoms with Crippen molar-refractivity contribution in [3.8, 4) is 0 Å². The summed E-state index contributed by atoms with van der Waals surface area (Å²) in [5, 5.41) is 7.14. The van der Waals surface area contributed by atoms with Gasteiger partial charge in [0, 0.05) is 31.7 Å². The third-order valence-electron chi connectivity index (χ3n) is 5.55. The summed E-state index contributed by atoms with van der Waals surface area (Å²) in [6.45, 7) is 3.84. The van der Waals surface area contributed by atoms with Crippen LogP contribution in [0.5, 0.6) is 0 Å². The lowest BCUT2D eigenvalue weighted by molar-refractivity contribution is -0.117. The number of halogens is 2. The van der Waals surface area contributed by atoms with E-state index in [1.807, 2.05) is 11.6 Å². The van der Waals surface area contributed by atoms with Crippen LogP contribution in [0.15, 0.2) is 24.4 Å². The van der Waals surface area contributed by atoms with E-state index in [9.17, 15) is 14.0 Å². The lowest BCUT2D eigenvalue weighted by Crippen LogP contribution is -2.47. The van der Waals surface area contributed by atoms with Crippen LogP contribution in [0.4, 0.5) is 20.6 Å². The van der Waals surface area contributed by atoms with Crippen LogP contribution in [0.2, 0.25) is 5.02 Å². The van der Waals surface area contributed by atoms with E-state index < -0.39 is 5.82 Å². The number of rotatable bonds is 4. The Kier molecular flexibility index (Phi) is 5.66. The van der Waals surface area contributed by atoms with E-state index in [1.54, 1.807) is 23.1 Å². The summed E-state index contributed by atoms with van der Waals surface area (Å²) in [7, 11) is 1.63. The molecule has 3 heterocycles. The lowest BCUT2D eigenvalue weighted by Gasteiger charge is -2.35. The topological polar surface area (TPSA) is 79.7 Å². The Hall–Kier alpha value is -2.65. The number of amides is 3. The molecule has 8 nitrogen and oxygen atoms in total. The fraction of sp³-hybridized carbons (Fsp3) is 0.450. The Labute approximate surface area is 178 Å². The highest BCUT2D eigenvalue weighted by atomic mass is 35.5. The molecule has 0 bridgehead atoms. The number of carbonyl (C=O) groups is 2. The minimum absolute atomic E-state index is 0.0310. The summed E-state index contributed by atoms with van der Waals surface area (Å²) < 4.78 is 20.4. The highest BCUT2D eigenvalue weighted by Gasteiger charge is 2.36. The number of urea groups is 1. The minimum atomic E-state index is -0.545. The molecule has 1 saturated heterocycles. The molecule has 0 radical (unpaired) electrons. The summed E-state index contributed by atoms with van der Waals surface area (Å²) in [6, 6.07) is 3.60. The van der Waals surface area contributed by atoms with Gasteiger partial charge in [0.15, 0.2) is 0 Å². The molecule has 2 aliphatic rings. The van der Waals surface area contributed by atoms with E-state index in [0.717, 1.165) is 11.4 Å². The van der Waals surface area contributed by atoms with Crippen LogP contribution in [0.1, 0.15) is 19.0 Å². The van der Waals surface area contributed by atoms with Crippen LogP contribution >= 0.6 is 11.6 Å². The summed E-state index contributed by atoms with van der Waals surface area (Å²) >= 11 is 5.81. The first-order valence-electron chi connectivity index (χ1n) is 9.74.